The van der Waals surface area contributed by atoms with Crippen LogP contribution in [-0.4, -0.2) is 24.1 Å². The Morgan fingerprint density at radius 2 is 1.88 bits per heavy atom. The van der Waals surface area contributed by atoms with Crippen LogP contribution in [0.25, 0.3) is 21.3 Å². The third-order valence-electron chi connectivity index (χ3n) is 3.71. The molecule has 0 aliphatic heterocycles. The fraction of sp³-hybridized carbons (Fsp3) is 0.176. The molecule has 3 aromatic rings. The lowest BCUT2D eigenvalue weighted by Gasteiger charge is -2.20. The van der Waals surface area contributed by atoms with Crippen molar-refractivity contribution in [2.24, 2.45) is 5.11 Å². The van der Waals surface area contributed by atoms with E-state index in [9.17, 15) is 0 Å². The van der Waals surface area contributed by atoms with Crippen LogP contribution in [0.2, 0.25) is 0 Å². The molecule has 0 atom stereocenters. The molecule has 0 bridgehead atoms. The smallest absolute Gasteiger partial charge is 0.144 e. The van der Waals surface area contributed by atoms with Crippen molar-refractivity contribution in [1.29, 1.82) is 0 Å². The van der Waals surface area contributed by atoms with Crippen LogP contribution in [0.15, 0.2) is 47.6 Å². The summed E-state index contributed by atoms with van der Waals surface area (Å²) < 4.78 is 5.20. The molecule has 24 heavy (non-hydrogen) atoms. The third kappa shape index (κ3) is 2.93. The molecule has 0 spiro atoms. The largest absolute Gasteiger partial charge is 0.497 e. The van der Waals surface area contributed by atoms with Gasteiger partial charge in [-0.05, 0) is 48.9 Å². The summed E-state index contributed by atoms with van der Waals surface area (Å²) in [6, 6.07) is 13.1. The van der Waals surface area contributed by atoms with Gasteiger partial charge < -0.3 is 9.64 Å². The first-order chi connectivity index (χ1) is 11.6. The van der Waals surface area contributed by atoms with Crippen molar-refractivity contribution in [1.82, 2.24) is 9.97 Å². The van der Waals surface area contributed by atoms with E-state index in [1.54, 1.807) is 19.2 Å². The highest BCUT2D eigenvalue weighted by molar-refractivity contribution is 5.93. The van der Waals surface area contributed by atoms with Gasteiger partial charge in [0.2, 0.25) is 0 Å². The molecule has 1 heterocycles. The van der Waals surface area contributed by atoms with Gasteiger partial charge in [-0.2, -0.15) is 0 Å². The topological polar surface area (TPSA) is 87.0 Å². The van der Waals surface area contributed by atoms with E-state index in [0.717, 1.165) is 28.2 Å². The van der Waals surface area contributed by atoms with Crippen LogP contribution in [0, 0.1) is 6.92 Å². The number of hydrogen-bond acceptors (Lipinski definition) is 5. The van der Waals surface area contributed by atoms with E-state index >= 15 is 0 Å². The monoisotopic (exact) mass is 320 g/mol. The summed E-state index contributed by atoms with van der Waals surface area (Å²) >= 11 is 0. The van der Waals surface area contributed by atoms with Gasteiger partial charge in [-0.25, -0.2) is 9.97 Å². The zero-order chi connectivity index (χ0) is 17.1. The van der Waals surface area contributed by atoms with Gasteiger partial charge in [0.15, 0.2) is 0 Å². The maximum atomic E-state index is 8.59. The Morgan fingerprint density at radius 1 is 1.12 bits per heavy atom. The van der Waals surface area contributed by atoms with Crippen molar-refractivity contribution in [3.05, 3.63) is 58.7 Å². The van der Waals surface area contributed by atoms with Crippen molar-refractivity contribution in [3.63, 3.8) is 0 Å². The number of ether oxygens (including phenoxy) is 1. The van der Waals surface area contributed by atoms with Crippen molar-refractivity contribution in [2.45, 2.75) is 6.92 Å². The zero-order valence-electron chi connectivity index (χ0n) is 13.6. The minimum Gasteiger partial charge on any atom is -0.497 e. The second-order valence-corrected chi connectivity index (χ2v) is 5.24. The first-order valence-electron chi connectivity index (χ1n) is 7.33. The highest BCUT2D eigenvalue weighted by atomic mass is 16.5. The van der Waals surface area contributed by atoms with E-state index in [-0.39, 0.29) is 0 Å². The molecule has 0 fully saturated rings. The van der Waals surface area contributed by atoms with Gasteiger partial charge in [0.25, 0.3) is 0 Å². The van der Waals surface area contributed by atoms with Crippen LogP contribution in [0.3, 0.4) is 0 Å². The number of azide groups is 1. The third-order valence-corrected chi connectivity index (χ3v) is 3.71. The molecule has 7 nitrogen and oxygen atoms in total. The Hall–Kier alpha value is -3.31. The Balaban J connectivity index is 2.11. The number of fused-ring (bicyclic) bond motifs is 1. The number of aryl methyl sites for hydroxylation is 1. The van der Waals surface area contributed by atoms with Crippen molar-refractivity contribution >= 4 is 28.1 Å². The summed E-state index contributed by atoms with van der Waals surface area (Å²) in [7, 11) is 3.59. The van der Waals surface area contributed by atoms with Gasteiger partial charge in [0.05, 0.1) is 12.6 Å². The number of nitrogens with zero attached hydrogens (tertiary/aromatic N) is 6. The van der Waals surface area contributed by atoms with Crippen LogP contribution in [0.5, 0.6) is 5.75 Å². The zero-order valence-corrected chi connectivity index (χ0v) is 13.6. The van der Waals surface area contributed by atoms with Crippen LogP contribution < -0.4 is 9.64 Å². The lowest BCUT2D eigenvalue weighted by Crippen LogP contribution is -2.12. The summed E-state index contributed by atoms with van der Waals surface area (Å²) in [4.78, 5) is 13.8. The molecule has 1 aromatic heterocycles. The van der Waals surface area contributed by atoms with Crippen LogP contribution in [0.4, 0.5) is 17.2 Å². The first-order valence-corrected chi connectivity index (χ1v) is 7.33. The molecule has 0 saturated heterocycles. The second-order valence-electron chi connectivity index (χ2n) is 5.24. The SMILES string of the molecule is COc1ccc(N(C)c2nc(C)nc3cc(N=[N+]=[N-])ccc23)cc1. The number of aromatic nitrogens is 2. The van der Waals surface area contributed by atoms with Crippen LogP contribution in [0.1, 0.15) is 5.82 Å². The number of anilines is 2. The van der Waals surface area contributed by atoms with Gasteiger partial charge in [-0.1, -0.05) is 11.2 Å². The molecule has 3 rings (SSSR count). The first kappa shape index (κ1) is 15.6. The number of hydrogen-bond donors (Lipinski definition) is 0. The molecule has 7 heteroatoms. The lowest BCUT2D eigenvalue weighted by atomic mass is 10.2. The normalized spacial score (nSPS) is 10.3. The Bertz CT molecular complexity index is 932. The predicted molar refractivity (Wildman–Crippen MR) is 94.1 cm³/mol. The van der Waals surface area contributed by atoms with Crippen LogP contribution in [-0.2, 0) is 0 Å². The summed E-state index contributed by atoms with van der Waals surface area (Å²) in [6.45, 7) is 1.84. The summed E-state index contributed by atoms with van der Waals surface area (Å²) in [6.07, 6.45) is 0. The maximum absolute atomic E-state index is 8.59. The molecule has 0 aliphatic rings. The fourth-order valence-corrected chi connectivity index (χ4v) is 2.51. The van der Waals surface area contributed by atoms with Gasteiger partial charge in [-0.15, -0.1) is 0 Å². The Morgan fingerprint density at radius 3 is 2.54 bits per heavy atom. The van der Waals surface area contributed by atoms with E-state index in [4.69, 9.17) is 10.3 Å². The molecule has 0 saturated carbocycles. The van der Waals surface area contributed by atoms with E-state index in [1.807, 2.05) is 49.2 Å². The summed E-state index contributed by atoms with van der Waals surface area (Å²) in [5.41, 5.74) is 10.8. The summed E-state index contributed by atoms with van der Waals surface area (Å²) in [5, 5.41) is 4.52. The van der Waals surface area contributed by atoms with Gasteiger partial charge in [0, 0.05) is 28.7 Å². The van der Waals surface area contributed by atoms with Crippen molar-refractivity contribution in [3.8, 4) is 5.75 Å². The Kier molecular flexibility index (Phi) is 4.18. The van der Waals surface area contributed by atoms with E-state index in [2.05, 4.69) is 20.0 Å². The van der Waals surface area contributed by atoms with Gasteiger partial charge in [-0.3, -0.25) is 0 Å². The number of benzene rings is 2. The van der Waals surface area contributed by atoms with E-state index < -0.39 is 0 Å². The quantitative estimate of drug-likeness (QED) is 0.397. The second kappa shape index (κ2) is 6.44. The van der Waals surface area contributed by atoms with E-state index in [0.29, 0.717) is 11.5 Å². The van der Waals surface area contributed by atoms with Crippen LogP contribution >= 0.6 is 0 Å². The van der Waals surface area contributed by atoms with Gasteiger partial charge in [0.1, 0.15) is 17.4 Å². The molecule has 120 valence electrons. The molecule has 0 unspecified atom stereocenters. The minimum atomic E-state index is 0.529. The van der Waals surface area contributed by atoms with Crippen molar-refractivity contribution in [2.75, 3.05) is 19.1 Å². The van der Waals surface area contributed by atoms with Crippen molar-refractivity contribution < 1.29 is 4.74 Å². The highest BCUT2D eigenvalue weighted by Crippen LogP contribution is 2.31. The number of rotatable bonds is 4. The fourth-order valence-electron chi connectivity index (χ4n) is 2.51. The molecule has 0 amide bonds. The predicted octanol–water partition coefficient (Wildman–Crippen LogP) is 4.66. The average Bonchev–Trinajstić information content (AvgIpc) is 2.60. The maximum Gasteiger partial charge on any atom is 0.144 e. The standard InChI is InChI=1S/C17H16N6O/c1-11-19-16-10-12(21-22-18)4-9-15(16)17(20-11)23(2)13-5-7-14(24-3)8-6-13/h4-10H,1-3H3. The molecular weight excluding hydrogens is 304 g/mol. The summed E-state index contributed by atoms with van der Waals surface area (Å²) in [5.74, 6) is 2.24. The number of methoxy groups -OCH3 is 1. The van der Waals surface area contributed by atoms with E-state index in [1.165, 1.54) is 0 Å². The average molecular weight is 320 g/mol. The van der Waals surface area contributed by atoms with Gasteiger partial charge >= 0.3 is 0 Å². The molecular formula is C17H16N6O. The molecule has 0 N–H and O–H groups in total. The lowest BCUT2D eigenvalue weighted by molar-refractivity contribution is 0.415. The molecule has 0 aliphatic carbocycles. The Labute approximate surface area is 139 Å². The highest BCUT2D eigenvalue weighted by Gasteiger charge is 2.12. The molecule has 0 radical (unpaired) electrons. The minimum absolute atomic E-state index is 0.529. The molecule has 2 aromatic carbocycles.